The summed E-state index contributed by atoms with van der Waals surface area (Å²) in [5.41, 5.74) is 6.11. The number of benzene rings is 1. The molecule has 0 saturated carbocycles. The molecule has 0 fully saturated rings. The summed E-state index contributed by atoms with van der Waals surface area (Å²) in [6.45, 7) is 7.39. The van der Waals surface area contributed by atoms with E-state index in [9.17, 15) is 0 Å². The van der Waals surface area contributed by atoms with Crippen LogP contribution in [0.1, 0.15) is 29.3 Å². The molecule has 4 heteroatoms. The van der Waals surface area contributed by atoms with Crippen LogP contribution >= 0.6 is 0 Å². The monoisotopic (exact) mass is 334 g/mol. The zero-order valence-corrected chi connectivity index (χ0v) is 15.5. The molecule has 0 radical (unpaired) electrons. The maximum atomic E-state index is 4.50. The highest BCUT2D eigenvalue weighted by Gasteiger charge is 2.14. The first-order valence-corrected chi connectivity index (χ1v) is 8.74. The lowest BCUT2D eigenvalue weighted by molar-refractivity contribution is 0.246. The number of aromatic nitrogens is 3. The first-order valence-electron chi connectivity index (χ1n) is 8.74. The normalized spacial score (nSPS) is 12.5. The molecule has 3 rings (SSSR count). The molecule has 4 nitrogen and oxygen atoms in total. The number of likely N-dealkylation sites (N-methyl/N-ethyl adjacent to an activating group) is 1. The third-order valence-corrected chi connectivity index (χ3v) is 4.64. The van der Waals surface area contributed by atoms with Crippen molar-refractivity contribution in [3.05, 3.63) is 77.4 Å². The number of aryl methyl sites for hydroxylation is 2. The number of hydrogen-bond donors (Lipinski definition) is 0. The van der Waals surface area contributed by atoms with Crippen molar-refractivity contribution in [1.29, 1.82) is 0 Å². The smallest absolute Gasteiger partial charge is 0.0690 e. The van der Waals surface area contributed by atoms with E-state index in [4.69, 9.17) is 0 Å². The number of pyridine rings is 1. The molecule has 0 spiro atoms. The minimum atomic E-state index is 0.403. The summed E-state index contributed by atoms with van der Waals surface area (Å²) in [6.07, 6.45) is 6.66. The minimum absolute atomic E-state index is 0.403. The van der Waals surface area contributed by atoms with E-state index in [1.54, 1.807) is 0 Å². The van der Waals surface area contributed by atoms with E-state index in [-0.39, 0.29) is 0 Å². The Hall–Kier alpha value is -2.46. The van der Waals surface area contributed by atoms with Gasteiger partial charge in [0, 0.05) is 43.3 Å². The van der Waals surface area contributed by atoms with Crippen LogP contribution in [0.2, 0.25) is 0 Å². The van der Waals surface area contributed by atoms with Crippen LogP contribution in [0.25, 0.3) is 5.69 Å². The molecule has 0 aliphatic rings. The number of nitrogens with zero attached hydrogens (tertiary/aromatic N) is 4. The molecule has 25 heavy (non-hydrogen) atoms. The Morgan fingerprint density at radius 2 is 1.88 bits per heavy atom. The van der Waals surface area contributed by atoms with Gasteiger partial charge in [0.2, 0.25) is 0 Å². The van der Waals surface area contributed by atoms with Gasteiger partial charge in [-0.1, -0.05) is 17.7 Å². The molecule has 1 aromatic carbocycles. The van der Waals surface area contributed by atoms with Crippen LogP contribution in [0.15, 0.2) is 55.0 Å². The van der Waals surface area contributed by atoms with E-state index in [0.29, 0.717) is 6.04 Å². The van der Waals surface area contributed by atoms with Gasteiger partial charge in [-0.2, -0.15) is 5.10 Å². The minimum Gasteiger partial charge on any atom is -0.299 e. The summed E-state index contributed by atoms with van der Waals surface area (Å²) < 4.78 is 1.94. The van der Waals surface area contributed by atoms with E-state index < -0.39 is 0 Å². The molecule has 1 atom stereocenters. The first kappa shape index (κ1) is 17.4. The summed E-state index contributed by atoms with van der Waals surface area (Å²) in [4.78, 5) is 6.88. The summed E-state index contributed by atoms with van der Waals surface area (Å²) in [5.74, 6) is 0. The summed E-state index contributed by atoms with van der Waals surface area (Å²) in [5, 5.41) is 4.39. The Kier molecular flexibility index (Phi) is 5.29. The Balaban J connectivity index is 1.76. The molecule has 2 aromatic heterocycles. The van der Waals surface area contributed by atoms with Gasteiger partial charge >= 0.3 is 0 Å². The molecule has 0 amide bonds. The Labute approximate surface area is 150 Å². The second-order valence-electron chi connectivity index (χ2n) is 6.88. The van der Waals surface area contributed by atoms with Crippen LogP contribution < -0.4 is 0 Å². The molecule has 0 bridgehead atoms. The highest BCUT2D eigenvalue weighted by Crippen LogP contribution is 2.19. The Bertz CT molecular complexity index is 824. The van der Waals surface area contributed by atoms with Crippen LogP contribution in [0.5, 0.6) is 0 Å². The van der Waals surface area contributed by atoms with E-state index in [0.717, 1.165) is 24.3 Å². The molecule has 0 saturated heterocycles. The van der Waals surface area contributed by atoms with Crippen LogP contribution in [-0.4, -0.2) is 32.8 Å². The van der Waals surface area contributed by atoms with Crippen molar-refractivity contribution < 1.29 is 0 Å². The van der Waals surface area contributed by atoms with Gasteiger partial charge in [-0.15, -0.1) is 0 Å². The van der Waals surface area contributed by atoms with Gasteiger partial charge in [0.05, 0.1) is 5.69 Å². The second-order valence-corrected chi connectivity index (χ2v) is 6.88. The molecule has 0 aliphatic heterocycles. The van der Waals surface area contributed by atoms with E-state index in [1.165, 1.54) is 16.7 Å². The van der Waals surface area contributed by atoms with E-state index in [2.05, 4.69) is 67.1 Å². The van der Waals surface area contributed by atoms with E-state index >= 15 is 0 Å². The average molecular weight is 334 g/mol. The predicted octanol–water partition coefficient (Wildman–Crippen LogP) is 3.95. The molecule has 1 unspecified atom stereocenters. The van der Waals surface area contributed by atoms with Crippen molar-refractivity contribution in [3.63, 3.8) is 0 Å². The quantitative estimate of drug-likeness (QED) is 0.684. The third-order valence-electron chi connectivity index (χ3n) is 4.64. The summed E-state index contributed by atoms with van der Waals surface area (Å²) >= 11 is 0. The number of rotatable bonds is 6. The van der Waals surface area contributed by atoms with Gasteiger partial charge in [0.25, 0.3) is 0 Å². The maximum Gasteiger partial charge on any atom is 0.0690 e. The Morgan fingerprint density at radius 3 is 2.60 bits per heavy atom. The van der Waals surface area contributed by atoms with Crippen LogP contribution in [0.3, 0.4) is 0 Å². The lowest BCUT2D eigenvalue weighted by atomic mass is 10.1. The molecule has 3 aromatic rings. The zero-order valence-electron chi connectivity index (χ0n) is 15.5. The van der Waals surface area contributed by atoms with Crippen LogP contribution in [0, 0.1) is 13.8 Å². The maximum absolute atomic E-state index is 4.50. The first-order chi connectivity index (χ1) is 12.0. The fourth-order valence-electron chi connectivity index (χ4n) is 3.07. The van der Waals surface area contributed by atoms with Crippen LogP contribution in [0.4, 0.5) is 0 Å². The molecule has 2 heterocycles. The van der Waals surface area contributed by atoms with Crippen molar-refractivity contribution >= 4 is 0 Å². The van der Waals surface area contributed by atoms with Gasteiger partial charge < -0.3 is 0 Å². The summed E-state index contributed by atoms with van der Waals surface area (Å²) in [6, 6.07) is 13.1. The molecular formula is C21H26N4. The molecular weight excluding hydrogens is 308 g/mol. The van der Waals surface area contributed by atoms with Gasteiger partial charge in [-0.25, -0.2) is 4.68 Å². The van der Waals surface area contributed by atoms with Crippen molar-refractivity contribution in [2.45, 2.75) is 39.8 Å². The lowest BCUT2D eigenvalue weighted by Crippen LogP contribution is -2.31. The Morgan fingerprint density at radius 1 is 1.08 bits per heavy atom. The predicted molar refractivity (Wildman–Crippen MR) is 102 cm³/mol. The topological polar surface area (TPSA) is 34.0 Å². The summed E-state index contributed by atoms with van der Waals surface area (Å²) in [7, 11) is 2.18. The van der Waals surface area contributed by atoms with Gasteiger partial charge in [0.1, 0.15) is 0 Å². The molecule has 130 valence electrons. The van der Waals surface area contributed by atoms with Gasteiger partial charge in [0.15, 0.2) is 0 Å². The fraction of sp³-hybridized carbons (Fsp3) is 0.333. The van der Waals surface area contributed by atoms with E-state index in [1.807, 2.05) is 35.4 Å². The lowest BCUT2D eigenvalue weighted by Gasteiger charge is -2.26. The fourth-order valence-corrected chi connectivity index (χ4v) is 3.07. The highest BCUT2D eigenvalue weighted by atomic mass is 15.3. The van der Waals surface area contributed by atoms with Crippen molar-refractivity contribution in [1.82, 2.24) is 19.7 Å². The van der Waals surface area contributed by atoms with Crippen LogP contribution in [-0.2, 0) is 13.0 Å². The third kappa shape index (κ3) is 4.34. The van der Waals surface area contributed by atoms with Crippen molar-refractivity contribution in [3.8, 4) is 5.69 Å². The second kappa shape index (κ2) is 7.62. The average Bonchev–Trinajstić information content (AvgIpc) is 3.09. The van der Waals surface area contributed by atoms with Gasteiger partial charge in [-0.3, -0.25) is 9.88 Å². The van der Waals surface area contributed by atoms with Crippen molar-refractivity contribution in [2.75, 3.05) is 7.05 Å². The van der Waals surface area contributed by atoms with Crippen molar-refractivity contribution in [2.24, 2.45) is 0 Å². The standard InChI is InChI=1S/C21H26N4/c1-16-6-7-21(25-11-5-9-23-25)19(12-16)15-24(4)18(3)14-20-13-17(2)8-10-22-20/h5-13,18H,14-15H2,1-4H3. The van der Waals surface area contributed by atoms with Gasteiger partial charge in [-0.05, 0) is 63.2 Å². The SMILES string of the molecule is Cc1ccnc(CC(C)N(C)Cc2cc(C)ccc2-n2cccn2)c1. The molecule has 0 aliphatic carbocycles. The number of hydrogen-bond acceptors (Lipinski definition) is 3. The highest BCUT2D eigenvalue weighted by molar-refractivity contribution is 5.42. The molecule has 0 N–H and O–H groups in total. The zero-order chi connectivity index (χ0) is 17.8. The largest absolute Gasteiger partial charge is 0.299 e.